The number of aromatic hydroxyl groups is 1. The summed E-state index contributed by atoms with van der Waals surface area (Å²) >= 11 is 0. The molecule has 0 bridgehead atoms. The molecule has 6 heteroatoms. The first-order valence-corrected chi connectivity index (χ1v) is 7.56. The average Bonchev–Trinajstić information content (AvgIpc) is 3.07. The summed E-state index contributed by atoms with van der Waals surface area (Å²) in [5, 5.41) is 23.4. The third-order valence-corrected chi connectivity index (χ3v) is 4.02. The molecule has 3 aromatic rings. The van der Waals surface area contributed by atoms with Gasteiger partial charge in [-0.3, -0.25) is 4.79 Å². The van der Waals surface area contributed by atoms with E-state index in [-0.39, 0.29) is 18.2 Å². The summed E-state index contributed by atoms with van der Waals surface area (Å²) in [7, 11) is 0. The van der Waals surface area contributed by atoms with Gasteiger partial charge in [0, 0.05) is 17.0 Å². The summed E-state index contributed by atoms with van der Waals surface area (Å²) in [4.78, 5) is 12.4. The van der Waals surface area contributed by atoms with Gasteiger partial charge in [0.2, 0.25) is 0 Å². The predicted molar refractivity (Wildman–Crippen MR) is 88.0 cm³/mol. The first-order valence-electron chi connectivity index (χ1n) is 7.56. The fourth-order valence-electron chi connectivity index (χ4n) is 2.80. The Hall–Kier alpha value is -2.73. The molecule has 0 spiro atoms. The quantitative estimate of drug-likeness (QED) is 0.684. The number of carbonyl (C=O) groups is 1. The number of furan rings is 2. The molecule has 3 N–H and O–H groups in total. The number of hydrogen-bond donors (Lipinski definition) is 3. The van der Waals surface area contributed by atoms with Crippen molar-refractivity contribution in [1.82, 2.24) is 5.32 Å². The number of hydrogen-bond acceptors (Lipinski definition) is 5. The molecule has 1 amide bonds. The van der Waals surface area contributed by atoms with Gasteiger partial charge in [-0.05, 0) is 39.0 Å². The van der Waals surface area contributed by atoms with Crippen LogP contribution >= 0.6 is 0 Å². The molecular formula is C18H19NO5. The molecule has 3 rings (SSSR count). The van der Waals surface area contributed by atoms with E-state index in [9.17, 15) is 15.0 Å². The van der Waals surface area contributed by atoms with E-state index < -0.39 is 5.60 Å². The Balaban J connectivity index is 1.78. The van der Waals surface area contributed by atoms with Gasteiger partial charge < -0.3 is 24.4 Å². The van der Waals surface area contributed by atoms with Gasteiger partial charge >= 0.3 is 0 Å². The summed E-state index contributed by atoms with van der Waals surface area (Å²) in [6.07, 6.45) is 1.33. The highest BCUT2D eigenvalue weighted by molar-refractivity contribution is 6.06. The number of phenolic OH excluding ortho intramolecular Hbond substituents is 1. The van der Waals surface area contributed by atoms with Crippen LogP contribution in [0.1, 0.15) is 34.4 Å². The van der Waals surface area contributed by atoms with E-state index in [1.54, 1.807) is 32.9 Å². The van der Waals surface area contributed by atoms with Crippen LogP contribution in [0.4, 0.5) is 0 Å². The van der Waals surface area contributed by atoms with Gasteiger partial charge in [-0.25, -0.2) is 0 Å². The molecule has 0 saturated carbocycles. The molecule has 0 aliphatic rings. The lowest BCUT2D eigenvalue weighted by molar-refractivity contribution is 0.0514. The molecule has 2 aromatic heterocycles. The number of fused-ring (bicyclic) bond motifs is 1. The fourth-order valence-corrected chi connectivity index (χ4v) is 2.80. The lowest BCUT2D eigenvalue weighted by atomic mass is 9.96. The Morgan fingerprint density at radius 1 is 1.29 bits per heavy atom. The Morgan fingerprint density at radius 3 is 2.71 bits per heavy atom. The van der Waals surface area contributed by atoms with Crippen LogP contribution in [0.5, 0.6) is 5.75 Å². The summed E-state index contributed by atoms with van der Waals surface area (Å²) in [5.74, 6) is 1.03. The van der Waals surface area contributed by atoms with Crippen LogP contribution in [0.25, 0.3) is 11.0 Å². The van der Waals surface area contributed by atoms with Crippen LogP contribution in [0.3, 0.4) is 0 Å². The van der Waals surface area contributed by atoms with Crippen molar-refractivity contribution in [3.63, 3.8) is 0 Å². The first kappa shape index (κ1) is 16.1. The van der Waals surface area contributed by atoms with Gasteiger partial charge in [0.15, 0.2) is 0 Å². The molecule has 0 fully saturated rings. The zero-order chi connectivity index (χ0) is 17.5. The number of rotatable bonds is 4. The second-order valence-corrected chi connectivity index (χ2v) is 6.11. The maximum Gasteiger partial charge on any atom is 0.255 e. The van der Waals surface area contributed by atoms with Gasteiger partial charge in [-0.2, -0.15) is 0 Å². The largest absolute Gasteiger partial charge is 0.508 e. The zero-order valence-electron chi connectivity index (χ0n) is 13.7. The third-order valence-electron chi connectivity index (χ3n) is 4.02. The number of aliphatic hydroxyl groups is 1. The molecule has 0 radical (unpaired) electrons. The first-order chi connectivity index (χ1) is 11.3. The van der Waals surface area contributed by atoms with Crippen molar-refractivity contribution in [3.8, 4) is 5.75 Å². The topological polar surface area (TPSA) is 95.8 Å². The molecule has 1 unspecified atom stereocenters. The summed E-state index contributed by atoms with van der Waals surface area (Å²) in [6, 6.07) is 6.31. The number of nitrogens with one attached hydrogen (secondary N) is 1. The smallest absolute Gasteiger partial charge is 0.255 e. The highest BCUT2D eigenvalue weighted by Crippen LogP contribution is 2.27. The molecular weight excluding hydrogens is 310 g/mol. The fraction of sp³-hybridized carbons (Fsp3) is 0.278. The van der Waals surface area contributed by atoms with E-state index in [0.29, 0.717) is 33.6 Å². The van der Waals surface area contributed by atoms with Crippen LogP contribution in [0, 0.1) is 13.8 Å². The number of benzene rings is 1. The summed E-state index contributed by atoms with van der Waals surface area (Å²) < 4.78 is 10.7. The monoisotopic (exact) mass is 329 g/mol. The van der Waals surface area contributed by atoms with Crippen molar-refractivity contribution in [3.05, 3.63) is 53.2 Å². The maximum atomic E-state index is 12.4. The highest BCUT2D eigenvalue weighted by atomic mass is 16.3. The van der Waals surface area contributed by atoms with Crippen LogP contribution in [0.15, 0.2) is 39.4 Å². The predicted octanol–water partition coefficient (Wildman–Crippen LogP) is 2.99. The van der Waals surface area contributed by atoms with Crippen molar-refractivity contribution in [2.75, 3.05) is 6.54 Å². The second kappa shape index (κ2) is 5.72. The van der Waals surface area contributed by atoms with E-state index >= 15 is 0 Å². The Morgan fingerprint density at radius 2 is 2.04 bits per heavy atom. The van der Waals surface area contributed by atoms with Crippen molar-refractivity contribution < 1.29 is 23.8 Å². The molecule has 1 aromatic carbocycles. The Bertz CT molecular complexity index is 903. The Kier molecular flexibility index (Phi) is 3.85. The second-order valence-electron chi connectivity index (χ2n) is 6.11. The van der Waals surface area contributed by atoms with Gasteiger partial charge in [0.25, 0.3) is 5.91 Å². The maximum absolute atomic E-state index is 12.4. The third kappa shape index (κ3) is 2.88. The van der Waals surface area contributed by atoms with Gasteiger partial charge in [-0.15, -0.1) is 0 Å². The number of aryl methyl sites for hydroxylation is 2. The van der Waals surface area contributed by atoms with Gasteiger partial charge in [0.05, 0.1) is 12.1 Å². The average molecular weight is 329 g/mol. The van der Waals surface area contributed by atoms with Crippen LogP contribution in [-0.4, -0.2) is 22.7 Å². The number of amides is 1. The molecule has 0 saturated heterocycles. The van der Waals surface area contributed by atoms with Gasteiger partial charge in [0.1, 0.15) is 34.7 Å². The van der Waals surface area contributed by atoms with Crippen LogP contribution in [-0.2, 0) is 5.60 Å². The SMILES string of the molecule is Cc1cc(C(C)(O)CNC(=O)c2coc3cc(O)ccc23)c(C)o1. The molecule has 0 aliphatic heterocycles. The molecule has 1 atom stereocenters. The minimum Gasteiger partial charge on any atom is -0.508 e. The lowest BCUT2D eigenvalue weighted by Crippen LogP contribution is -2.38. The number of carbonyl (C=O) groups excluding carboxylic acids is 1. The summed E-state index contributed by atoms with van der Waals surface area (Å²) in [6.45, 7) is 5.22. The van der Waals surface area contributed by atoms with E-state index in [4.69, 9.17) is 8.83 Å². The molecule has 6 nitrogen and oxygen atoms in total. The molecule has 2 heterocycles. The van der Waals surface area contributed by atoms with Gasteiger partial charge in [-0.1, -0.05) is 0 Å². The minimum absolute atomic E-state index is 0.0242. The molecule has 24 heavy (non-hydrogen) atoms. The van der Waals surface area contributed by atoms with Crippen molar-refractivity contribution in [2.24, 2.45) is 0 Å². The molecule has 126 valence electrons. The van der Waals surface area contributed by atoms with Crippen molar-refractivity contribution in [2.45, 2.75) is 26.4 Å². The van der Waals surface area contributed by atoms with Crippen LogP contribution < -0.4 is 5.32 Å². The van der Waals surface area contributed by atoms with E-state index in [1.807, 2.05) is 0 Å². The standard InChI is InChI=1S/C18H19NO5/c1-10-6-15(11(2)24-10)18(3,22)9-19-17(21)14-8-23-16-7-12(20)4-5-13(14)16/h4-8,20,22H,9H2,1-3H3,(H,19,21). The van der Waals surface area contributed by atoms with E-state index in [1.165, 1.54) is 18.4 Å². The highest BCUT2D eigenvalue weighted by Gasteiger charge is 2.28. The van der Waals surface area contributed by atoms with Crippen molar-refractivity contribution >= 4 is 16.9 Å². The molecule has 0 aliphatic carbocycles. The number of phenols is 1. The normalized spacial score (nSPS) is 13.8. The van der Waals surface area contributed by atoms with Crippen molar-refractivity contribution in [1.29, 1.82) is 0 Å². The van der Waals surface area contributed by atoms with Crippen LogP contribution in [0.2, 0.25) is 0 Å². The minimum atomic E-state index is -1.25. The Labute approximate surface area is 138 Å². The van der Waals surface area contributed by atoms with E-state index in [2.05, 4.69) is 5.32 Å². The zero-order valence-corrected chi connectivity index (χ0v) is 13.7. The summed E-state index contributed by atoms with van der Waals surface area (Å²) in [5.41, 5.74) is 0.159. The van der Waals surface area contributed by atoms with E-state index in [0.717, 1.165) is 0 Å². The lowest BCUT2D eigenvalue weighted by Gasteiger charge is -2.23.